The molecule has 1 rings (SSSR count). The van der Waals surface area contributed by atoms with E-state index in [0.717, 1.165) is 12.1 Å². The Hall–Kier alpha value is -2.19. The highest BCUT2D eigenvalue weighted by Crippen LogP contribution is 2.23. The maximum absolute atomic E-state index is 12.8. The molecule has 0 spiro atoms. The van der Waals surface area contributed by atoms with Gasteiger partial charge >= 0.3 is 24.3 Å². The molecule has 0 atom stereocenters. The van der Waals surface area contributed by atoms with Gasteiger partial charge in [0.15, 0.2) is 6.61 Å². The molecule has 122 valence electrons. The first kappa shape index (κ1) is 17.9. The van der Waals surface area contributed by atoms with Crippen LogP contribution in [0.5, 0.6) is 5.75 Å². The van der Waals surface area contributed by atoms with Gasteiger partial charge in [-0.3, -0.25) is 9.59 Å². The van der Waals surface area contributed by atoms with E-state index >= 15 is 0 Å². The summed E-state index contributed by atoms with van der Waals surface area (Å²) < 4.78 is 70.0. The zero-order valence-electron chi connectivity index (χ0n) is 11.0. The van der Waals surface area contributed by atoms with Crippen molar-refractivity contribution in [3.63, 3.8) is 0 Å². The second-order valence-corrected chi connectivity index (χ2v) is 4.15. The number of hydrogen-bond donors (Lipinski definition) is 0. The summed E-state index contributed by atoms with van der Waals surface area (Å²) in [6.45, 7) is -1.78. The van der Waals surface area contributed by atoms with Crippen molar-refractivity contribution in [2.45, 2.75) is 25.2 Å². The number of benzene rings is 1. The zero-order valence-corrected chi connectivity index (χ0v) is 11.0. The Kier molecular flexibility index (Phi) is 6.26. The van der Waals surface area contributed by atoms with E-state index in [4.69, 9.17) is 0 Å². The molecular weight excluding hydrogens is 315 g/mol. The zero-order chi connectivity index (χ0) is 16.8. The third-order valence-electron chi connectivity index (χ3n) is 2.31. The quantitative estimate of drug-likeness (QED) is 0.439. The van der Waals surface area contributed by atoms with Gasteiger partial charge in [-0.15, -0.1) is 0 Å². The number of esters is 2. The average molecular weight is 326 g/mol. The summed E-state index contributed by atoms with van der Waals surface area (Å²) in [5, 5.41) is 0. The number of carbonyl (C=O) groups excluding carboxylic acids is 2. The Morgan fingerprint density at radius 1 is 1.14 bits per heavy atom. The number of ether oxygens (including phenoxy) is 2. The van der Waals surface area contributed by atoms with Crippen LogP contribution < -0.4 is 4.74 Å². The van der Waals surface area contributed by atoms with Gasteiger partial charge in [-0.25, -0.2) is 13.2 Å². The van der Waals surface area contributed by atoms with Gasteiger partial charge in [-0.05, 0) is 12.1 Å². The molecular formula is C13H11F5O4. The van der Waals surface area contributed by atoms with E-state index in [9.17, 15) is 31.5 Å². The van der Waals surface area contributed by atoms with Gasteiger partial charge < -0.3 is 9.47 Å². The number of hydrogen-bond acceptors (Lipinski definition) is 4. The van der Waals surface area contributed by atoms with Crippen molar-refractivity contribution in [3.05, 3.63) is 30.1 Å². The Morgan fingerprint density at radius 3 is 2.36 bits per heavy atom. The fourth-order valence-electron chi connectivity index (χ4n) is 1.23. The lowest BCUT2D eigenvalue weighted by Gasteiger charge is -2.14. The lowest BCUT2D eigenvalue weighted by atomic mass is 10.3. The van der Waals surface area contributed by atoms with Crippen molar-refractivity contribution in [3.8, 4) is 5.75 Å². The van der Waals surface area contributed by atoms with Crippen molar-refractivity contribution in [2.75, 3.05) is 6.61 Å². The van der Waals surface area contributed by atoms with Crippen LogP contribution in [0.25, 0.3) is 0 Å². The SMILES string of the molecule is O=C(CCC(=O)Oc1cccc(F)c1)OCC(F)(F)C(F)F. The first-order valence-electron chi connectivity index (χ1n) is 5.98. The van der Waals surface area contributed by atoms with E-state index in [1.54, 1.807) is 0 Å². The molecule has 0 N–H and O–H groups in total. The van der Waals surface area contributed by atoms with Crippen LogP contribution in [0.3, 0.4) is 0 Å². The van der Waals surface area contributed by atoms with E-state index in [2.05, 4.69) is 9.47 Å². The second kappa shape index (κ2) is 7.71. The van der Waals surface area contributed by atoms with Gasteiger partial charge in [0.2, 0.25) is 0 Å². The largest absolute Gasteiger partial charge is 0.459 e. The summed E-state index contributed by atoms with van der Waals surface area (Å²) in [6, 6.07) is 4.64. The molecule has 0 fully saturated rings. The minimum atomic E-state index is -4.45. The number of alkyl halides is 4. The maximum atomic E-state index is 12.8. The molecule has 22 heavy (non-hydrogen) atoms. The summed E-state index contributed by atoms with van der Waals surface area (Å²) in [7, 11) is 0. The predicted molar refractivity (Wildman–Crippen MR) is 63.2 cm³/mol. The van der Waals surface area contributed by atoms with Gasteiger partial charge in [0.05, 0.1) is 12.8 Å². The highest BCUT2D eigenvalue weighted by Gasteiger charge is 2.42. The van der Waals surface area contributed by atoms with Gasteiger partial charge in [0, 0.05) is 6.07 Å². The van der Waals surface area contributed by atoms with Crippen LogP contribution in [0.1, 0.15) is 12.8 Å². The fourth-order valence-corrected chi connectivity index (χ4v) is 1.23. The Balaban J connectivity index is 2.33. The Morgan fingerprint density at radius 2 is 1.77 bits per heavy atom. The van der Waals surface area contributed by atoms with Crippen molar-refractivity contribution < 1.29 is 41.0 Å². The van der Waals surface area contributed by atoms with Crippen molar-refractivity contribution in [2.24, 2.45) is 0 Å². The second-order valence-electron chi connectivity index (χ2n) is 4.15. The highest BCUT2D eigenvalue weighted by atomic mass is 19.3. The smallest absolute Gasteiger partial charge is 0.340 e. The minimum absolute atomic E-state index is 0.0948. The van der Waals surface area contributed by atoms with Gasteiger partial charge in [-0.1, -0.05) is 6.07 Å². The molecule has 0 bridgehead atoms. The van der Waals surface area contributed by atoms with Crippen molar-refractivity contribution in [1.29, 1.82) is 0 Å². The molecule has 0 aliphatic heterocycles. The van der Waals surface area contributed by atoms with Crippen molar-refractivity contribution in [1.82, 2.24) is 0 Å². The molecule has 0 saturated carbocycles. The summed E-state index contributed by atoms with van der Waals surface area (Å²) in [5.74, 6) is -7.36. The van der Waals surface area contributed by atoms with Crippen LogP contribution in [0.2, 0.25) is 0 Å². The Labute approximate surface area is 121 Å². The summed E-state index contributed by atoms with van der Waals surface area (Å²) >= 11 is 0. The predicted octanol–water partition coefficient (Wildman–Crippen LogP) is 2.95. The lowest BCUT2D eigenvalue weighted by Crippen LogP contribution is -2.33. The molecule has 0 heterocycles. The van der Waals surface area contributed by atoms with Crippen LogP contribution in [0, 0.1) is 5.82 Å². The monoisotopic (exact) mass is 326 g/mol. The fraction of sp³-hybridized carbons (Fsp3) is 0.385. The third kappa shape index (κ3) is 6.06. The van der Waals surface area contributed by atoms with E-state index in [0.29, 0.717) is 0 Å². The highest BCUT2D eigenvalue weighted by molar-refractivity contribution is 5.79. The van der Waals surface area contributed by atoms with Crippen molar-refractivity contribution >= 4 is 11.9 Å². The minimum Gasteiger partial charge on any atom is -0.459 e. The molecule has 1 aromatic carbocycles. The van der Waals surface area contributed by atoms with Crippen LogP contribution in [0.4, 0.5) is 22.0 Å². The molecule has 0 radical (unpaired) electrons. The third-order valence-corrected chi connectivity index (χ3v) is 2.31. The number of carbonyl (C=O) groups is 2. The standard InChI is InChI=1S/C13H11F5O4/c14-8-2-1-3-9(6-8)22-11(20)5-4-10(19)21-7-13(17,18)12(15)16/h1-3,6,12H,4-5,7H2. The van der Waals surface area contributed by atoms with Crippen LogP contribution in [0.15, 0.2) is 24.3 Å². The van der Waals surface area contributed by atoms with E-state index in [1.165, 1.54) is 12.1 Å². The molecule has 0 aliphatic carbocycles. The van der Waals surface area contributed by atoms with E-state index < -0.39 is 49.6 Å². The molecule has 9 heteroatoms. The summed E-state index contributed by atoms with van der Waals surface area (Å²) in [6.07, 6.45) is -5.12. The molecule has 0 unspecified atom stereocenters. The number of halogens is 5. The molecule has 0 amide bonds. The van der Waals surface area contributed by atoms with Gasteiger partial charge in [-0.2, -0.15) is 8.78 Å². The van der Waals surface area contributed by atoms with Crippen LogP contribution in [-0.4, -0.2) is 30.9 Å². The van der Waals surface area contributed by atoms with Gasteiger partial charge in [0.25, 0.3) is 0 Å². The summed E-state index contributed by atoms with van der Waals surface area (Å²) in [5.41, 5.74) is 0. The maximum Gasteiger partial charge on any atom is 0.340 e. The molecule has 4 nitrogen and oxygen atoms in total. The molecule has 1 aromatic rings. The first-order valence-corrected chi connectivity index (χ1v) is 5.98. The normalized spacial score (nSPS) is 11.4. The Bertz CT molecular complexity index is 533. The van der Waals surface area contributed by atoms with E-state index in [-0.39, 0.29) is 5.75 Å². The lowest BCUT2D eigenvalue weighted by molar-refractivity contribution is -0.180. The first-order chi connectivity index (χ1) is 10.2. The molecule has 0 saturated heterocycles. The average Bonchev–Trinajstić information content (AvgIpc) is 2.43. The summed E-state index contributed by atoms with van der Waals surface area (Å²) in [4.78, 5) is 22.4. The topological polar surface area (TPSA) is 52.6 Å². The van der Waals surface area contributed by atoms with Crippen LogP contribution in [-0.2, 0) is 14.3 Å². The molecule has 0 aromatic heterocycles. The van der Waals surface area contributed by atoms with E-state index in [1.807, 2.05) is 0 Å². The van der Waals surface area contributed by atoms with Gasteiger partial charge in [0.1, 0.15) is 11.6 Å². The number of rotatable bonds is 7. The molecule has 0 aliphatic rings. The van der Waals surface area contributed by atoms with Crippen LogP contribution >= 0.6 is 0 Å².